The molecule has 0 radical (unpaired) electrons. The van der Waals surface area contributed by atoms with Gasteiger partial charge in [-0.15, -0.1) is 11.8 Å². The van der Waals surface area contributed by atoms with Gasteiger partial charge in [-0.25, -0.2) is 4.79 Å². The van der Waals surface area contributed by atoms with Crippen LogP contribution in [0.3, 0.4) is 0 Å². The molecule has 0 saturated carbocycles. The molecule has 1 aromatic carbocycles. The Bertz CT molecular complexity index is 1000. The first-order valence-corrected chi connectivity index (χ1v) is 8.98. The van der Waals surface area contributed by atoms with Gasteiger partial charge >= 0.3 is 5.69 Å². The summed E-state index contributed by atoms with van der Waals surface area (Å²) in [6, 6.07) is 4.23. The highest BCUT2D eigenvalue weighted by atomic mass is 32.2. The van der Waals surface area contributed by atoms with E-state index in [1.54, 1.807) is 23.4 Å². The van der Waals surface area contributed by atoms with Crippen molar-refractivity contribution in [3.05, 3.63) is 55.2 Å². The van der Waals surface area contributed by atoms with Gasteiger partial charge in [-0.1, -0.05) is 12.1 Å². The van der Waals surface area contributed by atoms with Crippen LogP contribution in [0.15, 0.2) is 26.7 Å². The Kier molecular flexibility index (Phi) is 3.10. The van der Waals surface area contributed by atoms with Crippen molar-refractivity contribution in [1.82, 2.24) is 9.13 Å². The fourth-order valence-corrected chi connectivity index (χ4v) is 5.38. The molecule has 0 fully saturated rings. The quantitative estimate of drug-likeness (QED) is 0.688. The molecule has 24 heavy (non-hydrogen) atoms. The molecule has 2 unspecified atom stereocenters. The predicted octanol–water partition coefficient (Wildman–Crippen LogP) is 2.20. The summed E-state index contributed by atoms with van der Waals surface area (Å²) in [5.74, 6) is 1.79. The van der Waals surface area contributed by atoms with Crippen LogP contribution in [0.4, 0.5) is 0 Å². The van der Waals surface area contributed by atoms with Crippen LogP contribution in [0.5, 0.6) is 5.75 Å². The van der Waals surface area contributed by atoms with Gasteiger partial charge in [0.25, 0.3) is 5.56 Å². The molecular weight excluding hydrogens is 324 g/mol. The Morgan fingerprint density at radius 2 is 1.92 bits per heavy atom. The highest BCUT2D eigenvalue weighted by molar-refractivity contribution is 7.99. The zero-order valence-corrected chi connectivity index (χ0v) is 15.3. The number of ether oxygens (including phenoxy) is 1. The maximum atomic E-state index is 12.9. The molecule has 5 nitrogen and oxygen atoms in total. The Labute approximate surface area is 144 Å². The Balaban J connectivity index is 2.04. The van der Waals surface area contributed by atoms with Crippen molar-refractivity contribution in [3.8, 4) is 5.75 Å². The maximum Gasteiger partial charge on any atom is 0.331 e. The van der Waals surface area contributed by atoms with E-state index in [4.69, 9.17) is 4.74 Å². The third-order valence-corrected chi connectivity index (χ3v) is 6.81. The van der Waals surface area contributed by atoms with Crippen molar-refractivity contribution in [3.63, 3.8) is 0 Å². The maximum absolute atomic E-state index is 12.9. The molecule has 0 bridgehead atoms. The summed E-state index contributed by atoms with van der Waals surface area (Å²) in [5.41, 5.74) is 2.78. The lowest BCUT2D eigenvalue weighted by atomic mass is 9.81. The number of rotatable bonds is 0. The van der Waals surface area contributed by atoms with Gasteiger partial charge in [0.1, 0.15) is 11.4 Å². The second-order valence-corrected chi connectivity index (χ2v) is 7.89. The van der Waals surface area contributed by atoms with Crippen LogP contribution < -0.4 is 16.0 Å². The fourth-order valence-electron chi connectivity index (χ4n) is 3.86. The third kappa shape index (κ3) is 1.72. The number of hydrogen-bond donors (Lipinski definition) is 0. The largest absolute Gasteiger partial charge is 0.481 e. The Morgan fingerprint density at radius 3 is 2.62 bits per heavy atom. The van der Waals surface area contributed by atoms with Gasteiger partial charge in [-0.3, -0.25) is 13.9 Å². The van der Waals surface area contributed by atoms with Crippen molar-refractivity contribution < 1.29 is 4.74 Å². The van der Waals surface area contributed by atoms with Crippen molar-refractivity contribution in [2.45, 2.75) is 37.3 Å². The van der Waals surface area contributed by atoms with Gasteiger partial charge in [-0.2, -0.15) is 0 Å². The highest BCUT2D eigenvalue weighted by Crippen LogP contribution is 2.56. The molecule has 2 aliphatic heterocycles. The van der Waals surface area contributed by atoms with Crippen molar-refractivity contribution in [2.75, 3.05) is 5.75 Å². The minimum Gasteiger partial charge on any atom is -0.481 e. The molecule has 2 aliphatic rings. The van der Waals surface area contributed by atoms with Gasteiger partial charge in [0, 0.05) is 31.3 Å². The van der Waals surface area contributed by atoms with E-state index in [0.717, 1.165) is 27.7 Å². The Morgan fingerprint density at radius 1 is 1.21 bits per heavy atom. The number of aryl methyl sites for hydroxylation is 1. The lowest BCUT2D eigenvalue weighted by molar-refractivity contribution is 0.0834. The van der Waals surface area contributed by atoms with Crippen molar-refractivity contribution in [2.24, 2.45) is 14.1 Å². The first-order valence-electron chi connectivity index (χ1n) is 7.99. The zero-order chi connectivity index (χ0) is 17.4. The number of hydrogen-bond acceptors (Lipinski definition) is 4. The first-order chi connectivity index (χ1) is 11.3. The summed E-state index contributed by atoms with van der Waals surface area (Å²) in [6.07, 6.45) is 0. The standard InChI is InChI=1S/C18H20N2O3S/c1-9-6-7-11-12-8-24-16-13(15(21)19(4)17(22)20(16)5)18(12,3)23-14(11)10(9)2/h6-7,12H,8H2,1-5H3. The van der Waals surface area contributed by atoms with E-state index in [9.17, 15) is 9.59 Å². The summed E-state index contributed by atoms with van der Waals surface area (Å²) >= 11 is 1.57. The SMILES string of the molecule is Cc1ccc2c(c1C)OC1(C)c3c(n(C)c(=O)n(C)c3=O)SCC21. The molecule has 3 heterocycles. The third-order valence-electron chi connectivity index (χ3n) is 5.56. The van der Waals surface area contributed by atoms with Crippen LogP contribution in [0.25, 0.3) is 0 Å². The molecule has 0 amide bonds. The first kappa shape index (κ1) is 15.6. The van der Waals surface area contributed by atoms with E-state index in [1.807, 2.05) is 6.92 Å². The summed E-state index contributed by atoms with van der Waals surface area (Å²) in [4.78, 5) is 25.1. The average Bonchev–Trinajstić information content (AvgIpc) is 2.86. The Hall–Kier alpha value is -1.95. The van der Waals surface area contributed by atoms with E-state index < -0.39 is 5.60 Å². The molecule has 126 valence electrons. The van der Waals surface area contributed by atoms with E-state index in [2.05, 4.69) is 26.0 Å². The van der Waals surface area contributed by atoms with Crippen LogP contribution in [-0.4, -0.2) is 14.9 Å². The zero-order valence-electron chi connectivity index (χ0n) is 14.5. The lowest BCUT2D eigenvalue weighted by Crippen LogP contribution is -2.49. The van der Waals surface area contributed by atoms with Crippen LogP contribution in [0.2, 0.25) is 0 Å². The molecule has 1 aromatic heterocycles. The molecule has 0 N–H and O–H groups in total. The van der Waals surface area contributed by atoms with E-state index in [-0.39, 0.29) is 17.2 Å². The molecule has 6 heteroatoms. The number of nitrogens with zero attached hydrogens (tertiary/aromatic N) is 2. The lowest BCUT2D eigenvalue weighted by Gasteiger charge is -2.36. The number of benzene rings is 1. The molecular formula is C18H20N2O3S. The molecule has 0 aliphatic carbocycles. The number of fused-ring (bicyclic) bond motifs is 5. The van der Waals surface area contributed by atoms with Crippen LogP contribution in [0, 0.1) is 13.8 Å². The second kappa shape index (κ2) is 4.79. The monoisotopic (exact) mass is 344 g/mol. The molecule has 0 spiro atoms. The minimum absolute atomic E-state index is 0.106. The van der Waals surface area contributed by atoms with Gasteiger partial charge in [-0.05, 0) is 31.9 Å². The van der Waals surface area contributed by atoms with E-state index in [1.165, 1.54) is 17.2 Å². The molecule has 2 aromatic rings. The van der Waals surface area contributed by atoms with Gasteiger partial charge in [0.15, 0.2) is 0 Å². The van der Waals surface area contributed by atoms with E-state index in [0.29, 0.717) is 5.56 Å². The summed E-state index contributed by atoms with van der Waals surface area (Å²) in [6.45, 7) is 6.10. The second-order valence-electron chi connectivity index (χ2n) is 6.88. The normalized spacial score (nSPS) is 24.1. The topological polar surface area (TPSA) is 53.2 Å². The van der Waals surface area contributed by atoms with Crippen LogP contribution in [-0.2, 0) is 19.7 Å². The number of thioether (sulfide) groups is 1. The van der Waals surface area contributed by atoms with Crippen LogP contribution >= 0.6 is 11.8 Å². The van der Waals surface area contributed by atoms with Crippen LogP contribution in [0.1, 0.15) is 35.1 Å². The van der Waals surface area contributed by atoms with Crippen molar-refractivity contribution in [1.29, 1.82) is 0 Å². The van der Waals surface area contributed by atoms with E-state index >= 15 is 0 Å². The summed E-state index contributed by atoms with van der Waals surface area (Å²) in [5, 5.41) is 0.726. The van der Waals surface area contributed by atoms with Gasteiger partial charge in [0.2, 0.25) is 0 Å². The minimum atomic E-state index is -0.734. The smallest absolute Gasteiger partial charge is 0.331 e. The fraction of sp³-hybridized carbons (Fsp3) is 0.444. The molecule has 4 rings (SSSR count). The summed E-state index contributed by atoms with van der Waals surface area (Å²) < 4.78 is 9.17. The van der Waals surface area contributed by atoms with Gasteiger partial charge < -0.3 is 4.74 Å². The molecule has 0 saturated heterocycles. The number of aromatic nitrogens is 2. The van der Waals surface area contributed by atoms with Crippen molar-refractivity contribution >= 4 is 11.8 Å². The van der Waals surface area contributed by atoms with Gasteiger partial charge in [0.05, 0.1) is 10.6 Å². The molecule has 2 atom stereocenters. The summed E-state index contributed by atoms with van der Waals surface area (Å²) in [7, 11) is 3.24. The highest BCUT2D eigenvalue weighted by Gasteiger charge is 2.52. The predicted molar refractivity (Wildman–Crippen MR) is 94.3 cm³/mol. The average molecular weight is 344 g/mol.